The van der Waals surface area contributed by atoms with Crippen molar-refractivity contribution in [1.29, 1.82) is 0 Å². The van der Waals surface area contributed by atoms with E-state index in [2.05, 4.69) is 4.57 Å². The summed E-state index contributed by atoms with van der Waals surface area (Å²) in [5.74, 6) is -0.889. The van der Waals surface area contributed by atoms with Gasteiger partial charge in [0.25, 0.3) is 0 Å². The van der Waals surface area contributed by atoms with E-state index < -0.39 is 5.97 Å². The second kappa shape index (κ2) is 6.31. The summed E-state index contributed by atoms with van der Waals surface area (Å²) >= 11 is 0. The average molecular weight is 308 g/mol. The first-order valence-electron chi connectivity index (χ1n) is 5.43. The Labute approximate surface area is 116 Å². The molecule has 94 valence electrons. The number of aromatic carboxylic acids is 1. The predicted molar refractivity (Wildman–Crippen MR) is 63.9 cm³/mol. The zero-order valence-electron chi connectivity index (χ0n) is 10.0. The molecule has 0 amide bonds. The van der Waals surface area contributed by atoms with Gasteiger partial charge in [0.2, 0.25) is 0 Å². The van der Waals surface area contributed by atoms with Gasteiger partial charge in [0.05, 0.1) is 5.56 Å². The first-order chi connectivity index (χ1) is 8.15. The number of carboxylic acid groups (broad SMARTS) is 1. The molecule has 18 heavy (non-hydrogen) atoms. The van der Waals surface area contributed by atoms with Gasteiger partial charge in [0.1, 0.15) is 0 Å². The van der Waals surface area contributed by atoms with Gasteiger partial charge in [-0.25, -0.2) is 9.36 Å². The van der Waals surface area contributed by atoms with Gasteiger partial charge in [-0.1, -0.05) is 12.1 Å². The van der Waals surface area contributed by atoms with E-state index in [1.165, 1.54) is 5.56 Å². The van der Waals surface area contributed by atoms with E-state index in [1.54, 1.807) is 12.1 Å². The average Bonchev–Trinajstić information content (AvgIpc) is 2.33. The number of carboxylic acids is 1. The summed E-state index contributed by atoms with van der Waals surface area (Å²) in [6, 6.07) is 11.0. The number of hydrogen-bond donors (Lipinski definition) is 1. The van der Waals surface area contributed by atoms with Gasteiger partial charge >= 0.3 is 5.97 Å². The third kappa shape index (κ3) is 3.67. The molecule has 0 atom stereocenters. The van der Waals surface area contributed by atoms with Crippen LogP contribution in [0.2, 0.25) is 0 Å². The Morgan fingerprint density at radius 1 is 1.11 bits per heavy atom. The Hall–Kier alpha value is -1.68. The lowest BCUT2D eigenvalue weighted by Crippen LogP contribution is -3.00. The van der Waals surface area contributed by atoms with Crippen LogP contribution in [0, 0.1) is 6.92 Å². The first-order valence-corrected chi connectivity index (χ1v) is 5.43. The highest BCUT2D eigenvalue weighted by molar-refractivity contribution is 5.87. The van der Waals surface area contributed by atoms with Crippen molar-refractivity contribution in [3.05, 3.63) is 65.5 Å². The van der Waals surface area contributed by atoms with Crippen molar-refractivity contribution in [3.63, 3.8) is 0 Å². The summed E-state index contributed by atoms with van der Waals surface area (Å²) in [4.78, 5) is 10.7. The van der Waals surface area contributed by atoms with Crippen LogP contribution in [0.3, 0.4) is 0 Å². The molecule has 0 saturated heterocycles. The zero-order valence-corrected chi connectivity index (χ0v) is 11.6. The lowest BCUT2D eigenvalue weighted by molar-refractivity contribution is -0.688. The Morgan fingerprint density at radius 3 is 2.17 bits per heavy atom. The summed E-state index contributed by atoms with van der Waals surface area (Å²) in [6.45, 7) is 2.80. The zero-order chi connectivity index (χ0) is 12.3. The van der Waals surface area contributed by atoms with Gasteiger partial charge in [0.15, 0.2) is 18.9 Å². The van der Waals surface area contributed by atoms with Gasteiger partial charge in [0, 0.05) is 17.7 Å². The van der Waals surface area contributed by atoms with E-state index in [1.807, 2.05) is 43.6 Å². The van der Waals surface area contributed by atoms with Crippen LogP contribution < -0.4 is 21.5 Å². The number of aromatic nitrogens is 1. The fourth-order valence-corrected chi connectivity index (χ4v) is 1.60. The van der Waals surface area contributed by atoms with Crippen molar-refractivity contribution < 1.29 is 31.4 Å². The Bertz CT molecular complexity index is 520. The molecule has 4 heteroatoms. The number of nitrogens with zero attached hydrogens (tertiary/aromatic N) is 1. The molecule has 2 rings (SSSR count). The number of benzene rings is 1. The van der Waals surface area contributed by atoms with Gasteiger partial charge in [-0.3, -0.25) is 0 Å². The van der Waals surface area contributed by atoms with Crippen molar-refractivity contribution in [2.75, 3.05) is 0 Å². The molecule has 1 N–H and O–H groups in total. The maximum atomic E-state index is 10.7. The van der Waals surface area contributed by atoms with E-state index in [4.69, 9.17) is 5.11 Å². The van der Waals surface area contributed by atoms with Crippen molar-refractivity contribution >= 4 is 5.97 Å². The van der Waals surface area contributed by atoms with Crippen LogP contribution in [-0.2, 0) is 6.54 Å². The van der Waals surface area contributed by atoms with E-state index in [9.17, 15) is 4.79 Å². The number of pyridine rings is 1. The molecular formula is C14H14BrNO2. The molecule has 1 heterocycles. The van der Waals surface area contributed by atoms with Crippen LogP contribution in [0.15, 0.2) is 48.8 Å². The monoisotopic (exact) mass is 307 g/mol. The van der Waals surface area contributed by atoms with Crippen molar-refractivity contribution in [3.8, 4) is 0 Å². The van der Waals surface area contributed by atoms with Gasteiger partial charge in [-0.15, -0.1) is 0 Å². The van der Waals surface area contributed by atoms with Crippen molar-refractivity contribution in [2.45, 2.75) is 13.5 Å². The molecule has 0 saturated carbocycles. The molecule has 1 aromatic carbocycles. The second-order valence-electron chi connectivity index (χ2n) is 4.05. The summed E-state index contributed by atoms with van der Waals surface area (Å²) in [7, 11) is 0. The minimum atomic E-state index is -0.889. The van der Waals surface area contributed by atoms with Crippen LogP contribution in [0.1, 0.15) is 21.5 Å². The molecule has 0 bridgehead atoms. The number of hydrogen-bond acceptors (Lipinski definition) is 1. The van der Waals surface area contributed by atoms with Crippen LogP contribution in [-0.4, -0.2) is 11.1 Å². The molecule has 0 aliphatic rings. The van der Waals surface area contributed by atoms with Crippen molar-refractivity contribution in [2.24, 2.45) is 0 Å². The van der Waals surface area contributed by atoms with Gasteiger partial charge in [-0.05, 0) is 24.6 Å². The Kier molecular flexibility index (Phi) is 5.04. The normalized spacial score (nSPS) is 9.61. The summed E-state index contributed by atoms with van der Waals surface area (Å²) in [6.07, 6.45) is 4.03. The van der Waals surface area contributed by atoms with Crippen molar-refractivity contribution in [1.82, 2.24) is 0 Å². The highest BCUT2D eigenvalue weighted by Crippen LogP contribution is 2.04. The third-order valence-electron chi connectivity index (χ3n) is 2.62. The second-order valence-corrected chi connectivity index (χ2v) is 4.05. The summed E-state index contributed by atoms with van der Waals surface area (Å²) in [5, 5.41) is 8.79. The molecule has 2 aromatic rings. The van der Waals surface area contributed by atoms with Crippen LogP contribution in [0.5, 0.6) is 0 Å². The van der Waals surface area contributed by atoms with E-state index >= 15 is 0 Å². The summed E-state index contributed by atoms with van der Waals surface area (Å²) < 4.78 is 2.06. The van der Waals surface area contributed by atoms with Crippen LogP contribution in [0.4, 0.5) is 0 Å². The fourth-order valence-electron chi connectivity index (χ4n) is 1.60. The lowest BCUT2D eigenvalue weighted by Gasteiger charge is -1.99. The number of rotatable bonds is 3. The third-order valence-corrected chi connectivity index (χ3v) is 2.62. The van der Waals surface area contributed by atoms with Gasteiger partial charge < -0.3 is 22.1 Å². The highest BCUT2D eigenvalue weighted by Gasteiger charge is 2.05. The molecule has 0 spiro atoms. The van der Waals surface area contributed by atoms with E-state index in [-0.39, 0.29) is 17.0 Å². The first kappa shape index (κ1) is 14.4. The Morgan fingerprint density at radius 2 is 1.67 bits per heavy atom. The topological polar surface area (TPSA) is 41.2 Å². The molecular weight excluding hydrogens is 294 g/mol. The molecule has 0 aliphatic carbocycles. The maximum absolute atomic E-state index is 10.7. The molecule has 1 aromatic heterocycles. The van der Waals surface area contributed by atoms with E-state index in [0.717, 1.165) is 12.1 Å². The van der Waals surface area contributed by atoms with Crippen LogP contribution in [0.25, 0.3) is 0 Å². The maximum Gasteiger partial charge on any atom is 0.335 e. The number of halogens is 1. The smallest absolute Gasteiger partial charge is 0.335 e. The molecule has 3 nitrogen and oxygen atoms in total. The highest BCUT2D eigenvalue weighted by atomic mass is 79.9. The Balaban J connectivity index is 0.00000162. The predicted octanol–water partition coefficient (Wildman–Crippen LogP) is -0.967. The van der Waals surface area contributed by atoms with E-state index in [0.29, 0.717) is 5.56 Å². The number of carbonyl (C=O) groups is 1. The number of aryl methyl sites for hydroxylation is 1. The summed E-state index contributed by atoms with van der Waals surface area (Å²) in [5.41, 5.74) is 2.63. The molecule has 0 radical (unpaired) electrons. The fraction of sp³-hybridized carbons (Fsp3) is 0.143. The molecule has 0 fully saturated rings. The minimum Gasteiger partial charge on any atom is -1.00 e. The quantitative estimate of drug-likeness (QED) is 0.742. The van der Waals surface area contributed by atoms with Gasteiger partial charge in [-0.2, -0.15) is 0 Å². The minimum absolute atomic E-state index is 0. The SMILES string of the molecule is Cc1cc[n+](Cc2ccc(C(=O)O)cc2)cc1.[Br-]. The van der Waals surface area contributed by atoms with Crippen LogP contribution >= 0.6 is 0 Å². The lowest BCUT2D eigenvalue weighted by atomic mass is 10.1. The standard InChI is InChI=1S/C14H13NO2.BrH/c1-11-6-8-15(9-7-11)10-12-2-4-13(5-3-12)14(16)17;/h2-9H,10H2,1H3;1H. The molecule has 0 aliphatic heterocycles. The molecule has 0 unspecified atom stereocenters. The largest absolute Gasteiger partial charge is 1.00 e.